The van der Waals surface area contributed by atoms with E-state index in [0.29, 0.717) is 18.8 Å². The van der Waals surface area contributed by atoms with Gasteiger partial charge in [0, 0.05) is 18.5 Å². The summed E-state index contributed by atoms with van der Waals surface area (Å²) in [5.74, 6) is 0.756. The van der Waals surface area contributed by atoms with Gasteiger partial charge in [0.05, 0.1) is 18.1 Å². The molecule has 2 aromatic rings. The molecule has 8 heteroatoms. The van der Waals surface area contributed by atoms with Gasteiger partial charge in [-0.3, -0.25) is 9.88 Å². The van der Waals surface area contributed by atoms with E-state index in [0.717, 1.165) is 11.4 Å². The standard InChI is InChI=1S/C14H17ClN4O2S/c1-3-18(14(20)21-7-8-22-2)12-10-19(17-13(12)15)11-5-4-6-16-9-11/h4-6,9-10H,3,7-8H2,1-2H3. The first-order chi connectivity index (χ1) is 10.7. The monoisotopic (exact) mass is 340 g/mol. The molecule has 2 aromatic heterocycles. The fourth-order valence-corrected chi connectivity index (χ4v) is 2.32. The second-order valence-electron chi connectivity index (χ2n) is 4.31. The van der Waals surface area contributed by atoms with Crippen LogP contribution in [0.4, 0.5) is 10.5 Å². The quantitative estimate of drug-likeness (QED) is 0.755. The summed E-state index contributed by atoms with van der Waals surface area (Å²) in [4.78, 5) is 17.6. The molecule has 0 aromatic carbocycles. The second-order valence-corrected chi connectivity index (χ2v) is 5.66. The highest BCUT2D eigenvalue weighted by Crippen LogP contribution is 2.26. The average Bonchev–Trinajstić information content (AvgIpc) is 2.91. The maximum absolute atomic E-state index is 12.1. The van der Waals surface area contributed by atoms with E-state index in [1.165, 1.54) is 4.90 Å². The van der Waals surface area contributed by atoms with E-state index in [2.05, 4.69) is 10.1 Å². The van der Waals surface area contributed by atoms with Crippen molar-refractivity contribution in [3.63, 3.8) is 0 Å². The number of hydrogen-bond acceptors (Lipinski definition) is 5. The molecular formula is C14H17ClN4O2S. The van der Waals surface area contributed by atoms with Gasteiger partial charge in [0.2, 0.25) is 0 Å². The highest BCUT2D eigenvalue weighted by Gasteiger charge is 2.21. The first-order valence-electron chi connectivity index (χ1n) is 6.76. The van der Waals surface area contributed by atoms with Crippen molar-refractivity contribution in [1.29, 1.82) is 0 Å². The number of carbonyl (C=O) groups excluding carboxylic acids is 1. The third kappa shape index (κ3) is 3.92. The van der Waals surface area contributed by atoms with Crippen LogP contribution in [0.15, 0.2) is 30.7 Å². The third-order valence-corrected chi connectivity index (χ3v) is 3.75. The molecule has 2 rings (SSSR count). The van der Waals surface area contributed by atoms with Crippen LogP contribution in [0.5, 0.6) is 0 Å². The van der Waals surface area contributed by atoms with E-state index in [1.807, 2.05) is 19.2 Å². The molecule has 118 valence electrons. The molecule has 0 aliphatic rings. The maximum atomic E-state index is 12.1. The minimum atomic E-state index is -0.427. The number of nitrogens with zero attached hydrogens (tertiary/aromatic N) is 4. The van der Waals surface area contributed by atoms with Crippen molar-refractivity contribution in [1.82, 2.24) is 14.8 Å². The average molecular weight is 341 g/mol. The Bertz CT molecular complexity index is 621. The highest BCUT2D eigenvalue weighted by molar-refractivity contribution is 7.98. The zero-order valence-corrected chi connectivity index (χ0v) is 14.0. The molecule has 0 N–H and O–H groups in total. The summed E-state index contributed by atoms with van der Waals surface area (Å²) < 4.78 is 6.80. The van der Waals surface area contributed by atoms with E-state index in [4.69, 9.17) is 16.3 Å². The summed E-state index contributed by atoms with van der Waals surface area (Å²) in [6, 6.07) is 3.66. The lowest BCUT2D eigenvalue weighted by molar-refractivity contribution is 0.161. The minimum Gasteiger partial charge on any atom is -0.448 e. The van der Waals surface area contributed by atoms with Crippen LogP contribution >= 0.6 is 23.4 Å². The molecule has 0 bridgehead atoms. The fraction of sp³-hybridized carbons (Fsp3) is 0.357. The fourth-order valence-electron chi connectivity index (χ4n) is 1.83. The van der Waals surface area contributed by atoms with Gasteiger partial charge in [0.1, 0.15) is 12.3 Å². The molecule has 0 atom stereocenters. The number of halogens is 1. The van der Waals surface area contributed by atoms with Gasteiger partial charge in [-0.2, -0.15) is 16.9 Å². The van der Waals surface area contributed by atoms with Crippen LogP contribution in [0.2, 0.25) is 5.15 Å². The molecule has 22 heavy (non-hydrogen) atoms. The number of carbonyl (C=O) groups is 1. The van der Waals surface area contributed by atoms with E-state index in [-0.39, 0.29) is 5.15 Å². The molecule has 0 spiro atoms. The van der Waals surface area contributed by atoms with Crippen LogP contribution in [-0.2, 0) is 4.74 Å². The van der Waals surface area contributed by atoms with Gasteiger partial charge in [-0.25, -0.2) is 9.48 Å². The zero-order valence-electron chi connectivity index (χ0n) is 12.4. The smallest absolute Gasteiger partial charge is 0.414 e. The van der Waals surface area contributed by atoms with E-state index in [1.54, 1.807) is 41.1 Å². The third-order valence-electron chi connectivity index (χ3n) is 2.90. The number of ether oxygens (including phenoxy) is 1. The molecule has 0 fully saturated rings. The van der Waals surface area contributed by atoms with Crippen molar-refractivity contribution in [3.05, 3.63) is 35.9 Å². The van der Waals surface area contributed by atoms with Crippen LogP contribution < -0.4 is 4.90 Å². The first kappa shape index (κ1) is 16.6. The molecule has 0 saturated heterocycles. The van der Waals surface area contributed by atoms with Gasteiger partial charge in [-0.1, -0.05) is 11.6 Å². The second kappa shape index (κ2) is 8.05. The Morgan fingerprint density at radius 3 is 3.00 bits per heavy atom. The number of rotatable bonds is 6. The lowest BCUT2D eigenvalue weighted by atomic mass is 10.4. The molecule has 0 unspecified atom stereocenters. The van der Waals surface area contributed by atoms with Crippen LogP contribution in [0, 0.1) is 0 Å². The van der Waals surface area contributed by atoms with E-state index in [9.17, 15) is 4.79 Å². The Labute approximate surface area is 138 Å². The lowest BCUT2D eigenvalue weighted by Crippen LogP contribution is -2.31. The van der Waals surface area contributed by atoms with Crippen molar-refractivity contribution in [3.8, 4) is 5.69 Å². The number of aromatic nitrogens is 3. The maximum Gasteiger partial charge on any atom is 0.414 e. The van der Waals surface area contributed by atoms with Crippen LogP contribution in [0.3, 0.4) is 0 Å². The van der Waals surface area contributed by atoms with Crippen molar-refractivity contribution in [2.24, 2.45) is 0 Å². The molecule has 6 nitrogen and oxygen atoms in total. The van der Waals surface area contributed by atoms with Gasteiger partial charge in [0.15, 0.2) is 5.15 Å². The van der Waals surface area contributed by atoms with Crippen LogP contribution in [0.1, 0.15) is 6.92 Å². The summed E-state index contributed by atoms with van der Waals surface area (Å²) >= 11 is 7.79. The van der Waals surface area contributed by atoms with Gasteiger partial charge in [0.25, 0.3) is 0 Å². The van der Waals surface area contributed by atoms with Crippen molar-refractivity contribution in [2.45, 2.75) is 6.92 Å². The largest absolute Gasteiger partial charge is 0.448 e. The summed E-state index contributed by atoms with van der Waals surface area (Å²) in [5.41, 5.74) is 1.28. The molecule has 1 amide bonds. The summed E-state index contributed by atoms with van der Waals surface area (Å²) in [6.07, 6.45) is 6.57. The molecule has 0 aliphatic carbocycles. The number of anilines is 1. The van der Waals surface area contributed by atoms with Crippen molar-refractivity contribution >= 4 is 35.1 Å². The molecule has 0 radical (unpaired) electrons. The Hall–Kier alpha value is -1.73. The first-order valence-corrected chi connectivity index (χ1v) is 8.53. The van der Waals surface area contributed by atoms with Gasteiger partial charge < -0.3 is 4.74 Å². The number of hydrogen-bond donors (Lipinski definition) is 0. The predicted molar refractivity (Wildman–Crippen MR) is 89.1 cm³/mol. The van der Waals surface area contributed by atoms with Gasteiger partial charge in [-0.05, 0) is 25.3 Å². The molecule has 2 heterocycles. The van der Waals surface area contributed by atoms with Crippen molar-refractivity contribution < 1.29 is 9.53 Å². The Kier molecular flexibility index (Phi) is 6.09. The number of amides is 1. The highest BCUT2D eigenvalue weighted by atomic mass is 35.5. The van der Waals surface area contributed by atoms with E-state index < -0.39 is 6.09 Å². The Balaban J connectivity index is 2.19. The molecule has 0 saturated carbocycles. The Morgan fingerprint density at radius 1 is 1.55 bits per heavy atom. The summed E-state index contributed by atoms with van der Waals surface area (Å²) in [7, 11) is 0. The Morgan fingerprint density at radius 2 is 2.36 bits per heavy atom. The topological polar surface area (TPSA) is 60.2 Å². The summed E-state index contributed by atoms with van der Waals surface area (Å²) in [6.45, 7) is 2.66. The SMILES string of the molecule is CCN(C(=O)OCCSC)c1cn(-c2cccnc2)nc1Cl. The number of thioether (sulfide) groups is 1. The summed E-state index contributed by atoms with van der Waals surface area (Å²) in [5, 5.41) is 4.46. The predicted octanol–water partition coefficient (Wildman–Crippen LogP) is 3.25. The zero-order chi connectivity index (χ0) is 15.9. The molecule has 0 aliphatic heterocycles. The van der Waals surface area contributed by atoms with Crippen molar-refractivity contribution in [2.75, 3.05) is 30.1 Å². The minimum absolute atomic E-state index is 0.243. The van der Waals surface area contributed by atoms with Gasteiger partial charge in [-0.15, -0.1) is 0 Å². The number of pyridine rings is 1. The lowest BCUT2D eigenvalue weighted by Gasteiger charge is -2.18. The normalized spacial score (nSPS) is 10.5. The van der Waals surface area contributed by atoms with Crippen LogP contribution in [0.25, 0.3) is 5.69 Å². The molecular weight excluding hydrogens is 324 g/mol. The van der Waals surface area contributed by atoms with Gasteiger partial charge >= 0.3 is 6.09 Å². The van der Waals surface area contributed by atoms with Crippen LogP contribution in [-0.4, -0.2) is 46.0 Å². The van der Waals surface area contributed by atoms with E-state index >= 15 is 0 Å².